The van der Waals surface area contributed by atoms with Crippen LogP contribution in [-0.2, 0) is 0 Å². The quantitative estimate of drug-likeness (QED) is 0.881. The van der Waals surface area contributed by atoms with E-state index in [-0.39, 0.29) is 11.5 Å². The number of aliphatic hydroxyl groups excluding tert-OH is 1. The Kier molecular flexibility index (Phi) is 3.51. The van der Waals surface area contributed by atoms with Gasteiger partial charge >= 0.3 is 0 Å². The third-order valence-electron chi connectivity index (χ3n) is 6.07. The minimum atomic E-state index is -0.458. The lowest BCUT2D eigenvalue weighted by molar-refractivity contribution is -0.0759. The Balaban J connectivity index is 1.68. The number of hydrogen-bond acceptors (Lipinski definition) is 3. The van der Waals surface area contributed by atoms with Gasteiger partial charge in [-0.05, 0) is 43.0 Å². The Morgan fingerprint density at radius 1 is 1.39 bits per heavy atom. The van der Waals surface area contributed by atoms with Gasteiger partial charge in [-0.25, -0.2) is 0 Å². The number of para-hydroxylation sites is 1. The summed E-state index contributed by atoms with van der Waals surface area (Å²) in [6.07, 6.45) is 5.72. The molecule has 5 atom stereocenters. The molecule has 3 aliphatic heterocycles. The lowest BCUT2D eigenvalue weighted by Crippen LogP contribution is -2.58. The molecule has 1 aromatic heterocycles. The van der Waals surface area contributed by atoms with E-state index >= 15 is 0 Å². The molecule has 4 heterocycles. The largest absolute Gasteiger partial charge is 0.387 e. The van der Waals surface area contributed by atoms with E-state index in [1.54, 1.807) is 0 Å². The maximum atomic E-state index is 11.1. The summed E-state index contributed by atoms with van der Waals surface area (Å²) in [6, 6.07) is 10.3. The first kappa shape index (κ1) is 14.9. The van der Waals surface area contributed by atoms with Crippen molar-refractivity contribution in [2.45, 2.75) is 31.9 Å². The van der Waals surface area contributed by atoms with Gasteiger partial charge in [0, 0.05) is 29.6 Å². The number of piperidine rings is 3. The molecule has 3 saturated heterocycles. The van der Waals surface area contributed by atoms with Crippen molar-refractivity contribution in [3.05, 3.63) is 54.7 Å². The standard InChI is InChI=1S/C20H24N2O/c1-3-20(2)13-22-11-9-14(20)12-18(22)19(23)16-8-10-21-17-7-5-4-6-15(16)17/h3-8,10,14,18-19,23H,1,9,11-13H2,2H3/t14?,18-,19-,20?/m1/s1. The summed E-state index contributed by atoms with van der Waals surface area (Å²) >= 11 is 0. The van der Waals surface area contributed by atoms with Crippen molar-refractivity contribution in [3.8, 4) is 0 Å². The van der Waals surface area contributed by atoms with E-state index in [9.17, 15) is 5.11 Å². The van der Waals surface area contributed by atoms with Crippen LogP contribution in [0.3, 0.4) is 0 Å². The average Bonchev–Trinajstić information content (AvgIpc) is 2.61. The second-order valence-electron chi connectivity index (χ2n) is 7.33. The topological polar surface area (TPSA) is 36.4 Å². The fourth-order valence-electron chi connectivity index (χ4n) is 4.55. The summed E-state index contributed by atoms with van der Waals surface area (Å²) in [5.74, 6) is 0.623. The molecule has 0 radical (unpaired) electrons. The first-order valence-electron chi connectivity index (χ1n) is 8.52. The zero-order chi connectivity index (χ0) is 16.0. The maximum absolute atomic E-state index is 11.1. The van der Waals surface area contributed by atoms with Gasteiger partial charge < -0.3 is 5.11 Å². The van der Waals surface area contributed by atoms with E-state index in [0.717, 1.165) is 36.0 Å². The van der Waals surface area contributed by atoms with E-state index in [4.69, 9.17) is 0 Å². The Morgan fingerprint density at radius 2 is 2.22 bits per heavy atom. The lowest BCUT2D eigenvalue weighted by atomic mass is 9.65. The van der Waals surface area contributed by atoms with Crippen LogP contribution in [0.25, 0.3) is 10.9 Å². The number of nitrogens with zero attached hydrogens (tertiary/aromatic N) is 2. The van der Waals surface area contributed by atoms with Crippen LogP contribution < -0.4 is 0 Å². The van der Waals surface area contributed by atoms with Crippen LogP contribution in [0.15, 0.2) is 49.2 Å². The second kappa shape index (κ2) is 5.43. The van der Waals surface area contributed by atoms with Crippen LogP contribution >= 0.6 is 0 Å². The van der Waals surface area contributed by atoms with Gasteiger partial charge in [-0.2, -0.15) is 0 Å². The smallest absolute Gasteiger partial charge is 0.0952 e. The first-order chi connectivity index (χ1) is 11.1. The molecule has 1 aromatic carbocycles. The van der Waals surface area contributed by atoms with E-state index < -0.39 is 6.10 Å². The molecule has 3 aliphatic rings. The first-order valence-corrected chi connectivity index (χ1v) is 8.52. The Morgan fingerprint density at radius 3 is 2.96 bits per heavy atom. The van der Waals surface area contributed by atoms with Crippen molar-refractivity contribution in [3.63, 3.8) is 0 Å². The molecule has 2 bridgehead atoms. The van der Waals surface area contributed by atoms with Crippen molar-refractivity contribution >= 4 is 10.9 Å². The number of fused-ring (bicyclic) bond motifs is 4. The van der Waals surface area contributed by atoms with Crippen LogP contribution in [0.1, 0.15) is 31.4 Å². The summed E-state index contributed by atoms with van der Waals surface area (Å²) < 4.78 is 0. The van der Waals surface area contributed by atoms with E-state index in [0.29, 0.717) is 5.92 Å². The molecule has 0 saturated carbocycles. The number of hydrogen-bond donors (Lipinski definition) is 1. The number of aromatic nitrogens is 1. The summed E-state index contributed by atoms with van der Waals surface area (Å²) in [7, 11) is 0. The van der Waals surface area contributed by atoms with Gasteiger partial charge in [0.25, 0.3) is 0 Å². The Hall–Kier alpha value is -1.71. The molecular formula is C20H24N2O. The third-order valence-corrected chi connectivity index (χ3v) is 6.07. The van der Waals surface area contributed by atoms with Gasteiger partial charge in [0.1, 0.15) is 0 Å². The van der Waals surface area contributed by atoms with Gasteiger partial charge in [-0.1, -0.05) is 31.2 Å². The number of benzene rings is 1. The summed E-state index contributed by atoms with van der Waals surface area (Å²) in [5.41, 5.74) is 2.15. The summed E-state index contributed by atoms with van der Waals surface area (Å²) in [4.78, 5) is 6.88. The third kappa shape index (κ3) is 2.30. The number of pyridine rings is 1. The van der Waals surface area contributed by atoms with Crippen molar-refractivity contribution in [2.75, 3.05) is 13.1 Å². The predicted molar refractivity (Wildman–Crippen MR) is 93.1 cm³/mol. The van der Waals surface area contributed by atoms with Crippen LogP contribution in [0.2, 0.25) is 0 Å². The molecule has 0 aliphatic carbocycles. The fourth-order valence-corrected chi connectivity index (χ4v) is 4.55. The highest BCUT2D eigenvalue weighted by Gasteiger charge is 2.47. The molecule has 3 nitrogen and oxygen atoms in total. The Bertz CT molecular complexity index is 738. The molecule has 3 heteroatoms. The Labute approximate surface area is 137 Å². The molecule has 23 heavy (non-hydrogen) atoms. The van der Waals surface area contributed by atoms with Crippen molar-refractivity contribution < 1.29 is 5.11 Å². The molecule has 3 fully saturated rings. The van der Waals surface area contributed by atoms with Gasteiger partial charge in [-0.15, -0.1) is 6.58 Å². The lowest BCUT2D eigenvalue weighted by Gasteiger charge is -2.55. The highest BCUT2D eigenvalue weighted by molar-refractivity contribution is 5.82. The number of aliphatic hydroxyl groups is 1. The van der Waals surface area contributed by atoms with Gasteiger partial charge in [0.05, 0.1) is 11.6 Å². The van der Waals surface area contributed by atoms with Crippen LogP contribution in [0.5, 0.6) is 0 Å². The van der Waals surface area contributed by atoms with E-state index in [2.05, 4.69) is 35.5 Å². The molecule has 1 N–H and O–H groups in total. The highest BCUT2D eigenvalue weighted by atomic mass is 16.3. The van der Waals surface area contributed by atoms with E-state index in [1.807, 2.05) is 30.5 Å². The highest BCUT2D eigenvalue weighted by Crippen LogP contribution is 2.48. The monoisotopic (exact) mass is 308 g/mol. The normalized spacial score (nSPS) is 34.4. The van der Waals surface area contributed by atoms with Crippen molar-refractivity contribution in [1.82, 2.24) is 9.88 Å². The van der Waals surface area contributed by atoms with Gasteiger partial charge in [0.15, 0.2) is 0 Å². The predicted octanol–water partition coefficient (Wildman–Crippen LogP) is 3.55. The van der Waals surface area contributed by atoms with Crippen molar-refractivity contribution in [1.29, 1.82) is 0 Å². The van der Waals surface area contributed by atoms with Crippen LogP contribution in [0, 0.1) is 11.3 Å². The fraction of sp³-hybridized carbons (Fsp3) is 0.450. The SMILES string of the molecule is C=CC1(C)CN2CCC1C[C@@H]2[C@H](O)c1ccnc2ccccc12. The number of rotatable bonds is 3. The van der Waals surface area contributed by atoms with E-state index in [1.165, 1.54) is 6.42 Å². The minimum absolute atomic E-state index is 0.189. The summed E-state index contributed by atoms with van der Waals surface area (Å²) in [6.45, 7) is 8.44. The molecule has 0 spiro atoms. The summed E-state index contributed by atoms with van der Waals surface area (Å²) in [5, 5.41) is 12.2. The second-order valence-corrected chi connectivity index (χ2v) is 7.33. The van der Waals surface area contributed by atoms with Gasteiger partial charge in [-0.3, -0.25) is 9.88 Å². The van der Waals surface area contributed by atoms with Crippen molar-refractivity contribution in [2.24, 2.45) is 11.3 Å². The average molecular weight is 308 g/mol. The molecule has 5 rings (SSSR count). The van der Waals surface area contributed by atoms with Crippen LogP contribution in [0.4, 0.5) is 0 Å². The molecule has 2 aromatic rings. The minimum Gasteiger partial charge on any atom is -0.387 e. The van der Waals surface area contributed by atoms with Gasteiger partial charge in [0.2, 0.25) is 0 Å². The zero-order valence-electron chi connectivity index (χ0n) is 13.7. The molecule has 120 valence electrons. The molecular weight excluding hydrogens is 284 g/mol. The molecule has 0 amide bonds. The van der Waals surface area contributed by atoms with Crippen LogP contribution in [-0.4, -0.2) is 34.1 Å². The zero-order valence-corrected chi connectivity index (χ0v) is 13.7. The molecule has 3 unspecified atom stereocenters. The maximum Gasteiger partial charge on any atom is 0.0952 e.